The Morgan fingerprint density at radius 3 is 2.78 bits per heavy atom. The number of hydrogen-bond acceptors (Lipinski definition) is 7. The lowest BCUT2D eigenvalue weighted by Gasteiger charge is -2.06. The zero-order chi connectivity index (χ0) is 19.2. The monoisotopic (exact) mass is 366 g/mol. The van der Waals surface area contributed by atoms with Gasteiger partial charge in [-0.3, -0.25) is 19.7 Å². The molecular formula is C17H18N8O2. The quantitative estimate of drug-likeness (QED) is 0.464. The molecule has 2 heterocycles. The van der Waals surface area contributed by atoms with Gasteiger partial charge in [0.25, 0.3) is 11.8 Å². The smallest absolute Gasteiger partial charge is 0.278 e. The van der Waals surface area contributed by atoms with Crippen molar-refractivity contribution in [3.63, 3.8) is 0 Å². The molecule has 0 aliphatic carbocycles. The number of carbonyl (C=O) groups is 2. The minimum Gasteiger partial charge on any atom is -0.382 e. The molecule has 0 unspecified atom stereocenters. The highest BCUT2D eigenvalue weighted by Crippen LogP contribution is 2.12. The lowest BCUT2D eigenvalue weighted by atomic mass is 10.1. The Morgan fingerprint density at radius 1 is 1.19 bits per heavy atom. The second-order valence-electron chi connectivity index (χ2n) is 5.58. The predicted molar refractivity (Wildman–Crippen MR) is 98.7 cm³/mol. The van der Waals surface area contributed by atoms with Crippen molar-refractivity contribution in [2.24, 2.45) is 0 Å². The molecular weight excluding hydrogens is 348 g/mol. The Morgan fingerprint density at radius 2 is 2.00 bits per heavy atom. The van der Waals surface area contributed by atoms with Crippen molar-refractivity contribution in [1.29, 1.82) is 0 Å². The number of nitrogens with zero attached hydrogens (tertiary/aromatic N) is 4. The summed E-state index contributed by atoms with van der Waals surface area (Å²) in [5.74, 6) is -0.640. The first-order valence-electron chi connectivity index (χ1n) is 8.03. The van der Waals surface area contributed by atoms with E-state index in [4.69, 9.17) is 5.73 Å². The highest BCUT2D eigenvalue weighted by atomic mass is 16.2. The summed E-state index contributed by atoms with van der Waals surface area (Å²) >= 11 is 0. The average molecular weight is 366 g/mol. The molecule has 0 saturated carbocycles. The normalized spacial score (nSPS) is 10.4. The van der Waals surface area contributed by atoms with Crippen molar-refractivity contribution in [2.75, 3.05) is 18.1 Å². The first-order chi connectivity index (χ1) is 13.1. The molecule has 27 heavy (non-hydrogen) atoms. The highest BCUT2D eigenvalue weighted by molar-refractivity contribution is 6.05. The van der Waals surface area contributed by atoms with Gasteiger partial charge in [-0.2, -0.15) is 5.10 Å². The Kier molecular flexibility index (Phi) is 5.38. The van der Waals surface area contributed by atoms with E-state index in [-0.39, 0.29) is 17.4 Å². The SMILES string of the molecule is CNNC(=O)c1cccc(Cn2cc(NC(=O)c3nccnc3N)cn2)c1. The van der Waals surface area contributed by atoms with Crippen molar-refractivity contribution >= 4 is 23.3 Å². The largest absolute Gasteiger partial charge is 0.382 e. The van der Waals surface area contributed by atoms with Gasteiger partial charge < -0.3 is 11.1 Å². The van der Waals surface area contributed by atoms with Crippen LogP contribution in [0.25, 0.3) is 0 Å². The van der Waals surface area contributed by atoms with Crippen LogP contribution in [-0.4, -0.2) is 38.6 Å². The molecule has 2 aromatic heterocycles. The van der Waals surface area contributed by atoms with Crippen LogP contribution in [0.5, 0.6) is 0 Å². The van der Waals surface area contributed by atoms with Gasteiger partial charge in [-0.1, -0.05) is 12.1 Å². The number of aromatic nitrogens is 4. The van der Waals surface area contributed by atoms with Crippen molar-refractivity contribution in [2.45, 2.75) is 6.54 Å². The number of amides is 2. The fraction of sp³-hybridized carbons (Fsp3) is 0.118. The standard InChI is InChI=1S/C17H18N8O2/c1-19-24-16(26)12-4-2-3-11(7-12)9-25-10-13(8-22-25)23-17(27)14-15(18)21-6-5-20-14/h2-8,10,19H,9H2,1H3,(H2,18,21)(H,23,27)(H,24,26). The van der Waals surface area contributed by atoms with Gasteiger partial charge in [0.05, 0.1) is 18.4 Å². The summed E-state index contributed by atoms with van der Waals surface area (Å²) < 4.78 is 1.64. The van der Waals surface area contributed by atoms with Gasteiger partial charge in [-0.05, 0) is 17.7 Å². The predicted octanol–water partition coefficient (Wildman–Crippen LogP) is 0.420. The molecule has 0 aliphatic rings. The van der Waals surface area contributed by atoms with Crippen LogP contribution in [0.1, 0.15) is 26.4 Å². The van der Waals surface area contributed by atoms with Crippen LogP contribution < -0.4 is 21.9 Å². The number of nitrogen functional groups attached to an aromatic ring is 1. The third-order valence-corrected chi connectivity index (χ3v) is 3.61. The summed E-state index contributed by atoms with van der Waals surface area (Å²) in [4.78, 5) is 31.8. The van der Waals surface area contributed by atoms with Gasteiger partial charge in [0.1, 0.15) is 0 Å². The van der Waals surface area contributed by atoms with Gasteiger partial charge in [-0.15, -0.1) is 0 Å². The van der Waals surface area contributed by atoms with Gasteiger partial charge in [0.2, 0.25) is 0 Å². The van der Waals surface area contributed by atoms with Crippen LogP contribution in [0, 0.1) is 0 Å². The maximum atomic E-state index is 12.2. The molecule has 2 amide bonds. The molecule has 0 radical (unpaired) electrons. The summed E-state index contributed by atoms with van der Waals surface area (Å²) in [6.07, 6.45) is 5.99. The molecule has 3 aromatic rings. The van der Waals surface area contributed by atoms with E-state index in [0.29, 0.717) is 17.8 Å². The van der Waals surface area contributed by atoms with Crippen LogP contribution in [0.4, 0.5) is 11.5 Å². The van der Waals surface area contributed by atoms with Gasteiger partial charge in [0.15, 0.2) is 11.5 Å². The van der Waals surface area contributed by atoms with Crippen molar-refractivity contribution in [3.8, 4) is 0 Å². The van der Waals surface area contributed by atoms with E-state index >= 15 is 0 Å². The van der Waals surface area contributed by atoms with Gasteiger partial charge in [-0.25, -0.2) is 15.4 Å². The van der Waals surface area contributed by atoms with Gasteiger partial charge in [0, 0.05) is 31.2 Å². The van der Waals surface area contributed by atoms with Gasteiger partial charge >= 0.3 is 0 Å². The van der Waals surface area contributed by atoms with Crippen molar-refractivity contribution in [1.82, 2.24) is 30.6 Å². The van der Waals surface area contributed by atoms with Crippen LogP contribution in [0.2, 0.25) is 0 Å². The minimum absolute atomic E-state index is 0.0495. The Balaban J connectivity index is 1.68. The molecule has 0 spiro atoms. The van der Waals surface area contributed by atoms with Crippen LogP contribution in [0.15, 0.2) is 49.1 Å². The zero-order valence-corrected chi connectivity index (χ0v) is 14.5. The third-order valence-electron chi connectivity index (χ3n) is 3.61. The number of nitrogens with two attached hydrogens (primary N) is 1. The van der Waals surface area contributed by atoms with E-state index < -0.39 is 5.91 Å². The third kappa shape index (κ3) is 4.44. The molecule has 3 rings (SSSR count). The number of benzene rings is 1. The zero-order valence-electron chi connectivity index (χ0n) is 14.5. The maximum Gasteiger partial charge on any atom is 0.278 e. The lowest BCUT2D eigenvalue weighted by Crippen LogP contribution is -2.34. The first-order valence-corrected chi connectivity index (χ1v) is 8.03. The molecule has 10 heteroatoms. The fourth-order valence-electron chi connectivity index (χ4n) is 2.41. The Bertz CT molecular complexity index is 969. The molecule has 0 atom stereocenters. The van der Waals surface area contributed by atoms with Crippen molar-refractivity contribution in [3.05, 3.63) is 65.9 Å². The van der Waals surface area contributed by atoms with E-state index in [1.807, 2.05) is 6.07 Å². The Hall–Kier alpha value is -3.79. The van der Waals surface area contributed by atoms with E-state index in [1.165, 1.54) is 18.6 Å². The lowest BCUT2D eigenvalue weighted by molar-refractivity contribution is 0.0937. The number of rotatable bonds is 6. The maximum absolute atomic E-state index is 12.2. The number of nitrogens with one attached hydrogen (secondary N) is 3. The molecule has 1 aromatic carbocycles. The summed E-state index contributed by atoms with van der Waals surface area (Å²) in [6.45, 7) is 0.434. The van der Waals surface area contributed by atoms with Crippen molar-refractivity contribution < 1.29 is 9.59 Å². The van der Waals surface area contributed by atoms with Crippen LogP contribution in [-0.2, 0) is 6.54 Å². The summed E-state index contributed by atoms with van der Waals surface area (Å²) in [7, 11) is 1.62. The fourth-order valence-corrected chi connectivity index (χ4v) is 2.41. The molecule has 138 valence electrons. The Labute approximate surface area is 154 Å². The van der Waals surface area contributed by atoms with E-state index in [1.54, 1.807) is 36.1 Å². The van der Waals surface area contributed by atoms with E-state index in [9.17, 15) is 9.59 Å². The van der Waals surface area contributed by atoms with E-state index in [2.05, 4.69) is 31.2 Å². The molecule has 5 N–H and O–H groups in total. The molecule has 10 nitrogen and oxygen atoms in total. The number of hydrazine groups is 1. The second kappa shape index (κ2) is 8.06. The number of carbonyl (C=O) groups excluding carboxylic acids is 2. The number of anilines is 2. The first kappa shape index (κ1) is 18.0. The molecule has 0 saturated heterocycles. The molecule has 0 bridgehead atoms. The minimum atomic E-state index is -0.467. The van der Waals surface area contributed by atoms with E-state index in [0.717, 1.165) is 5.56 Å². The topological polar surface area (TPSA) is 140 Å². The molecule has 0 aliphatic heterocycles. The summed E-state index contributed by atoms with van der Waals surface area (Å²) in [5.41, 5.74) is 12.7. The molecule has 0 fully saturated rings. The summed E-state index contributed by atoms with van der Waals surface area (Å²) in [5, 5.41) is 6.89. The second-order valence-corrected chi connectivity index (χ2v) is 5.58. The average Bonchev–Trinajstić information content (AvgIpc) is 3.09. The highest BCUT2D eigenvalue weighted by Gasteiger charge is 2.13. The summed E-state index contributed by atoms with van der Waals surface area (Å²) in [6, 6.07) is 7.17. The van der Waals surface area contributed by atoms with Crippen LogP contribution >= 0.6 is 0 Å². The van der Waals surface area contributed by atoms with Crippen LogP contribution in [0.3, 0.4) is 0 Å². The number of hydrogen-bond donors (Lipinski definition) is 4.